The summed E-state index contributed by atoms with van der Waals surface area (Å²) in [4.78, 5) is 11.1. The molecule has 0 saturated carbocycles. The number of hydrogen-bond acceptors (Lipinski definition) is 4. The minimum atomic E-state index is -1.03. The largest absolute Gasteiger partial charge is 0.477 e. The van der Waals surface area contributed by atoms with Crippen molar-refractivity contribution in [3.63, 3.8) is 0 Å². The average molecular weight is 224 g/mol. The van der Waals surface area contributed by atoms with E-state index in [1.807, 2.05) is 6.92 Å². The molecule has 0 aliphatic rings. The van der Waals surface area contributed by atoms with Crippen LogP contribution in [0.5, 0.6) is 5.88 Å². The number of aromatic nitrogens is 2. The summed E-state index contributed by atoms with van der Waals surface area (Å²) in [5.41, 5.74) is 1.33. The van der Waals surface area contributed by atoms with Crippen LogP contribution >= 0.6 is 0 Å². The molecule has 5 nitrogen and oxygen atoms in total. The number of carbonyl (C=O) groups is 1. The SMILES string of the molecule is CCCCOc1nnc(C)c(C)c1C(=O)O. The molecule has 0 bridgehead atoms. The van der Waals surface area contributed by atoms with E-state index in [0.29, 0.717) is 17.9 Å². The highest BCUT2D eigenvalue weighted by Crippen LogP contribution is 2.20. The average Bonchev–Trinajstić information content (AvgIpc) is 2.23. The lowest BCUT2D eigenvalue weighted by Gasteiger charge is -2.09. The fourth-order valence-corrected chi connectivity index (χ4v) is 1.25. The van der Waals surface area contributed by atoms with Crippen molar-refractivity contribution in [2.45, 2.75) is 33.6 Å². The first-order chi connectivity index (χ1) is 7.57. The van der Waals surface area contributed by atoms with E-state index in [1.54, 1.807) is 13.8 Å². The number of ether oxygens (including phenoxy) is 1. The van der Waals surface area contributed by atoms with Crippen LogP contribution in [0.4, 0.5) is 0 Å². The number of nitrogens with zero attached hydrogens (tertiary/aromatic N) is 2. The smallest absolute Gasteiger partial charge is 0.341 e. The van der Waals surface area contributed by atoms with Gasteiger partial charge in [0.1, 0.15) is 5.56 Å². The lowest BCUT2D eigenvalue weighted by molar-refractivity contribution is 0.0689. The molecular formula is C11H16N2O3. The Bertz CT molecular complexity index is 391. The Hall–Kier alpha value is -1.65. The molecule has 1 aromatic rings. The standard InChI is InChI=1S/C11H16N2O3/c1-4-5-6-16-10-9(11(14)15)7(2)8(3)12-13-10/h4-6H2,1-3H3,(H,14,15). The van der Waals surface area contributed by atoms with Gasteiger partial charge in [-0.3, -0.25) is 0 Å². The van der Waals surface area contributed by atoms with Crippen LogP contribution in [0, 0.1) is 13.8 Å². The number of rotatable bonds is 5. The van der Waals surface area contributed by atoms with Crippen molar-refractivity contribution in [1.82, 2.24) is 10.2 Å². The molecule has 0 spiro atoms. The molecule has 0 saturated heterocycles. The van der Waals surface area contributed by atoms with Gasteiger partial charge in [0.05, 0.1) is 12.3 Å². The molecule has 0 aliphatic carbocycles. The Balaban J connectivity index is 2.99. The first kappa shape index (κ1) is 12.4. The van der Waals surface area contributed by atoms with Crippen molar-refractivity contribution in [2.24, 2.45) is 0 Å². The lowest BCUT2D eigenvalue weighted by atomic mass is 10.1. The summed E-state index contributed by atoms with van der Waals surface area (Å²) in [5.74, 6) is -0.911. The van der Waals surface area contributed by atoms with Crippen LogP contribution in [-0.2, 0) is 0 Å². The number of hydrogen-bond donors (Lipinski definition) is 1. The molecule has 1 aromatic heterocycles. The second kappa shape index (κ2) is 5.44. The molecule has 0 radical (unpaired) electrons. The molecule has 16 heavy (non-hydrogen) atoms. The van der Waals surface area contributed by atoms with Gasteiger partial charge in [0.25, 0.3) is 0 Å². The van der Waals surface area contributed by atoms with Crippen molar-refractivity contribution < 1.29 is 14.6 Å². The third-order valence-corrected chi connectivity index (χ3v) is 2.37. The fraction of sp³-hybridized carbons (Fsp3) is 0.545. The van der Waals surface area contributed by atoms with Crippen molar-refractivity contribution in [3.8, 4) is 5.88 Å². The molecule has 88 valence electrons. The first-order valence-electron chi connectivity index (χ1n) is 5.27. The van der Waals surface area contributed by atoms with Gasteiger partial charge < -0.3 is 9.84 Å². The number of carboxylic acids is 1. The second-order valence-corrected chi connectivity index (χ2v) is 3.60. The maximum Gasteiger partial charge on any atom is 0.341 e. The minimum Gasteiger partial charge on any atom is -0.477 e. The molecule has 0 unspecified atom stereocenters. The van der Waals surface area contributed by atoms with E-state index in [9.17, 15) is 4.79 Å². The number of aromatic carboxylic acids is 1. The summed E-state index contributed by atoms with van der Waals surface area (Å²) in [5, 5.41) is 16.7. The van der Waals surface area contributed by atoms with Crippen molar-refractivity contribution in [3.05, 3.63) is 16.8 Å². The Labute approximate surface area is 94.5 Å². The van der Waals surface area contributed by atoms with E-state index < -0.39 is 5.97 Å². The van der Waals surface area contributed by atoms with E-state index in [1.165, 1.54) is 0 Å². The molecule has 5 heteroatoms. The van der Waals surface area contributed by atoms with Gasteiger partial charge >= 0.3 is 5.97 Å². The molecule has 0 aliphatic heterocycles. The van der Waals surface area contributed by atoms with Gasteiger partial charge in [-0.2, -0.15) is 5.10 Å². The quantitative estimate of drug-likeness (QED) is 0.774. The molecular weight excluding hydrogens is 208 g/mol. The van der Waals surface area contributed by atoms with Crippen LogP contribution < -0.4 is 4.74 Å². The topological polar surface area (TPSA) is 72.3 Å². The monoisotopic (exact) mass is 224 g/mol. The Kier molecular flexibility index (Phi) is 4.22. The number of unbranched alkanes of at least 4 members (excludes halogenated alkanes) is 1. The molecule has 0 amide bonds. The minimum absolute atomic E-state index is 0.114. The predicted octanol–water partition coefficient (Wildman–Crippen LogP) is 1.97. The highest BCUT2D eigenvalue weighted by molar-refractivity contribution is 5.91. The molecule has 0 aromatic carbocycles. The summed E-state index contributed by atoms with van der Waals surface area (Å²) in [6.07, 6.45) is 1.86. The van der Waals surface area contributed by atoms with Crippen molar-refractivity contribution in [1.29, 1.82) is 0 Å². The van der Waals surface area contributed by atoms with Gasteiger partial charge in [-0.1, -0.05) is 13.3 Å². The maximum absolute atomic E-state index is 11.1. The van der Waals surface area contributed by atoms with Crippen LogP contribution in [0.3, 0.4) is 0 Å². The van der Waals surface area contributed by atoms with Crippen molar-refractivity contribution in [2.75, 3.05) is 6.61 Å². The van der Waals surface area contributed by atoms with E-state index in [4.69, 9.17) is 9.84 Å². The van der Waals surface area contributed by atoms with Gasteiger partial charge in [0.15, 0.2) is 0 Å². The van der Waals surface area contributed by atoms with Gasteiger partial charge in [-0.05, 0) is 25.8 Å². The molecule has 0 atom stereocenters. The maximum atomic E-state index is 11.1. The van der Waals surface area contributed by atoms with E-state index in [0.717, 1.165) is 12.8 Å². The van der Waals surface area contributed by atoms with Gasteiger partial charge in [-0.25, -0.2) is 4.79 Å². The van der Waals surface area contributed by atoms with Gasteiger partial charge in [-0.15, -0.1) is 5.10 Å². The Morgan fingerprint density at radius 2 is 2.06 bits per heavy atom. The van der Waals surface area contributed by atoms with Crippen molar-refractivity contribution >= 4 is 5.97 Å². The summed E-state index contributed by atoms with van der Waals surface area (Å²) >= 11 is 0. The zero-order chi connectivity index (χ0) is 12.1. The molecule has 0 fully saturated rings. The highest BCUT2D eigenvalue weighted by Gasteiger charge is 2.18. The van der Waals surface area contributed by atoms with E-state index in [2.05, 4.69) is 10.2 Å². The second-order valence-electron chi connectivity index (χ2n) is 3.60. The van der Waals surface area contributed by atoms with Gasteiger partial charge in [0.2, 0.25) is 5.88 Å². The Morgan fingerprint density at radius 3 is 2.62 bits per heavy atom. The summed E-state index contributed by atoms with van der Waals surface area (Å²) in [6, 6.07) is 0. The van der Waals surface area contributed by atoms with Crippen LogP contribution in [0.1, 0.15) is 41.4 Å². The Morgan fingerprint density at radius 1 is 1.38 bits per heavy atom. The fourth-order valence-electron chi connectivity index (χ4n) is 1.25. The third kappa shape index (κ3) is 2.68. The summed E-state index contributed by atoms with van der Waals surface area (Å²) in [7, 11) is 0. The summed E-state index contributed by atoms with van der Waals surface area (Å²) in [6.45, 7) is 5.94. The summed E-state index contributed by atoms with van der Waals surface area (Å²) < 4.78 is 5.32. The molecule has 1 rings (SSSR count). The van der Waals surface area contributed by atoms with Crippen LogP contribution in [0.15, 0.2) is 0 Å². The number of carboxylic acid groups (broad SMARTS) is 1. The van der Waals surface area contributed by atoms with E-state index >= 15 is 0 Å². The molecule has 1 heterocycles. The van der Waals surface area contributed by atoms with Crippen LogP contribution in [0.2, 0.25) is 0 Å². The number of aryl methyl sites for hydroxylation is 1. The zero-order valence-corrected chi connectivity index (χ0v) is 9.78. The van der Waals surface area contributed by atoms with Crippen LogP contribution in [0.25, 0.3) is 0 Å². The zero-order valence-electron chi connectivity index (χ0n) is 9.78. The van der Waals surface area contributed by atoms with Gasteiger partial charge in [0, 0.05) is 0 Å². The molecule has 1 N–H and O–H groups in total. The normalized spacial score (nSPS) is 10.2. The lowest BCUT2D eigenvalue weighted by Crippen LogP contribution is -2.11. The third-order valence-electron chi connectivity index (χ3n) is 2.37. The van der Waals surface area contributed by atoms with Crippen LogP contribution in [-0.4, -0.2) is 27.9 Å². The first-order valence-corrected chi connectivity index (χ1v) is 5.27. The highest BCUT2D eigenvalue weighted by atomic mass is 16.5. The predicted molar refractivity (Wildman–Crippen MR) is 58.9 cm³/mol. The van der Waals surface area contributed by atoms with E-state index in [-0.39, 0.29) is 11.4 Å².